The minimum Gasteiger partial charge on any atom is -0.507 e. The number of carbonyl (C=O) groups is 2. The topological polar surface area (TPSA) is 76.1 Å². The summed E-state index contributed by atoms with van der Waals surface area (Å²) in [4.78, 5) is 28.0. The van der Waals surface area contributed by atoms with E-state index in [1.54, 1.807) is 36.4 Å². The van der Waals surface area contributed by atoms with E-state index in [0.29, 0.717) is 34.9 Å². The Kier molecular flexibility index (Phi) is 6.18. The summed E-state index contributed by atoms with van der Waals surface area (Å²) in [5.74, 6) is -0.748. The van der Waals surface area contributed by atoms with Crippen LogP contribution in [0.25, 0.3) is 5.76 Å². The van der Waals surface area contributed by atoms with E-state index in [1.807, 2.05) is 50.2 Å². The molecule has 1 saturated heterocycles. The zero-order chi connectivity index (χ0) is 23.5. The highest BCUT2D eigenvalue weighted by molar-refractivity contribution is 6.51. The number of ketones is 1. The van der Waals surface area contributed by atoms with Crippen molar-refractivity contribution < 1.29 is 24.2 Å². The number of aliphatic hydroxyl groups excluding tert-OH is 1. The summed E-state index contributed by atoms with van der Waals surface area (Å²) in [7, 11) is 1.49. The summed E-state index contributed by atoms with van der Waals surface area (Å²) in [5, 5.41) is 11.4. The lowest BCUT2D eigenvalue weighted by Gasteiger charge is -2.26. The van der Waals surface area contributed by atoms with E-state index < -0.39 is 17.7 Å². The van der Waals surface area contributed by atoms with Crippen LogP contribution >= 0.6 is 0 Å². The highest BCUT2D eigenvalue weighted by Crippen LogP contribution is 2.43. The first-order valence-corrected chi connectivity index (χ1v) is 10.7. The van der Waals surface area contributed by atoms with Crippen molar-refractivity contribution in [3.63, 3.8) is 0 Å². The molecule has 0 aromatic heterocycles. The third-order valence-electron chi connectivity index (χ3n) is 5.58. The summed E-state index contributed by atoms with van der Waals surface area (Å²) in [5.41, 5.74) is 2.46. The van der Waals surface area contributed by atoms with Gasteiger partial charge in [0, 0.05) is 11.8 Å². The molecule has 1 N–H and O–H groups in total. The van der Waals surface area contributed by atoms with Crippen LogP contribution in [0.5, 0.6) is 11.5 Å². The van der Waals surface area contributed by atoms with Gasteiger partial charge in [-0.1, -0.05) is 48.0 Å². The van der Waals surface area contributed by atoms with Gasteiger partial charge in [0.05, 0.1) is 30.9 Å². The van der Waals surface area contributed by atoms with Crippen LogP contribution in [0, 0.1) is 6.92 Å². The summed E-state index contributed by atoms with van der Waals surface area (Å²) in [6.07, 6.45) is 0. The Bertz CT molecular complexity index is 1230. The van der Waals surface area contributed by atoms with Crippen LogP contribution in [0.1, 0.15) is 29.7 Å². The maximum atomic E-state index is 13.3. The molecule has 168 valence electrons. The largest absolute Gasteiger partial charge is 0.507 e. The Balaban J connectivity index is 1.95. The van der Waals surface area contributed by atoms with Gasteiger partial charge in [0.25, 0.3) is 11.7 Å². The van der Waals surface area contributed by atoms with Crippen molar-refractivity contribution in [2.45, 2.75) is 19.9 Å². The zero-order valence-electron chi connectivity index (χ0n) is 18.7. The molecule has 1 aliphatic heterocycles. The number of ether oxygens (including phenoxy) is 2. The number of aliphatic hydroxyl groups is 1. The molecule has 33 heavy (non-hydrogen) atoms. The molecule has 1 fully saturated rings. The van der Waals surface area contributed by atoms with Gasteiger partial charge in [-0.05, 0) is 43.7 Å². The van der Waals surface area contributed by atoms with Gasteiger partial charge in [0.1, 0.15) is 17.3 Å². The second kappa shape index (κ2) is 9.20. The van der Waals surface area contributed by atoms with E-state index >= 15 is 0 Å². The van der Waals surface area contributed by atoms with Crippen LogP contribution in [-0.2, 0) is 9.59 Å². The second-order valence-corrected chi connectivity index (χ2v) is 7.71. The van der Waals surface area contributed by atoms with Crippen molar-refractivity contribution in [3.05, 3.63) is 95.1 Å². The van der Waals surface area contributed by atoms with Gasteiger partial charge in [-0.25, -0.2) is 0 Å². The van der Waals surface area contributed by atoms with Crippen LogP contribution in [0.4, 0.5) is 5.69 Å². The first kappa shape index (κ1) is 22.1. The van der Waals surface area contributed by atoms with Crippen molar-refractivity contribution in [2.24, 2.45) is 0 Å². The molecule has 0 spiro atoms. The molecule has 1 heterocycles. The quantitative estimate of drug-likeness (QED) is 0.329. The number of amides is 1. The van der Waals surface area contributed by atoms with Crippen molar-refractivity contribution in [2.75, 3.05) is 18.6 Å². The van der Waals surface area contributed by atoms with Crippen molar-refractivity contribution >= 4 is 23.1 Å². The molecule has 1 amide bonds. The van der Waals surface area contributed by atoms with E-state index in [0.717, 1.165) is 5.56 Å². The zero-order valence-corrected chi connectivity index (χ0v) is 18.7. The first-order chi connectivity index (χ1) is 16.0. The Morgan fingerprint density at radius 1 is 1.00 bits per heavy atom. The molecule has 0 saturated carbocycles. The predicted molar refractivity (Wildman–Crippen MR) is 127 cm³/mol. The molecule has 0 bridgehead atoms. The average molecular weight is 443 g/mol. The van der Waals surface area contributed by atoms with Crippen molar-refractivity contribution in [1.29, 1.82) is 0 Å². The smallest absolute Gasteiger partial charge is 0.300 e. The molecule has 6 nitrogen and oxygen atoms in total. The number of benzene rings is 3. The number of methoxy groups -OCH3 is 1. The number of hydrogen-bond acceptors (Lipinski definition) is 5. The number of nitrogens with zero attached hydrogens (tertiary/aromatic N) is 1. The van der Waals surface area contributed by atoms with Gasteiger partial charge >= 0.3 is 0 Å². The first-order valence-electron chi connectivity index (χ1n) is 10.7. The minimum absolute atomic E-state index is 0.0110. The number of hydrogen-bond donors (Lipinski definition) is 1. The Morgan fingerprint density at radius 3 is 2.45 bits per heavy atom. The molecule has 1 unspecified atom stereocenters. The third-order valence-corrected chi connectivity index (χ3v) is 5.58. The van der Waals surface area contributed by atoms with E-state index in [4.69, 9.17) is 9.47 Å². The van der Waals surface area contributed by atoms with Crippen LogP contribution in [0.3, 0.4) is 0 Å². The Hall–Kier alpha value is -4.06. The van der Waals surface area contributed by atoms with E-state index in [-0.39, 0.29) is 11.3 Å². The SMILES string of the molecule is CCOc1cccc(N2C(=O)C(=O)/C(=C(/O)c3cc(C)ccc3OC)C2c2ccccc2)c1. The molecule has 1 atom stereocenters. The molecular weight excluding hydrogens is 418 g/mol. The number of anilines is 1. The average Bonchev–Trinajstić information content (AvgIpc) is 3.10. The number of aryl methyl sites for hydroxylation is 1. The lowest BCUT2D eigenvalue weighted by Crippen LogP contribution is -2.29. The van der Waals surface area contributed by atoms with Crippen LogP contribution in [-0.4, -0.2) is 30.5 Å². The standard InChI is InChI=1S/C27H25NO5/c1-4-33-20-12-8-11-19(16-20)28-24(18-9-6-5-7-10-18)23(26(30)27(28)31)25(29)21-15-17(2)13-14-22(21)32-3/h5-16,24,29H,4H2,1-3H3/b25-23+. The van der Waals surface area contributed by atoms with E-state index in [2.05, 4.69) is 0 Å². The molecule has 0 aliphatic carbocycles. The molecule has 6 heteroatoms. The van der Waals surface area contributed by atoms with Gasteiger partial charge in [0.15, 0.2) is 0 Å². The molecule has 3 aromatic rings. The number of carbonyl (C=O) groups excluding carboxylic acids is 2. The molecule has 4 rings (SSSR count). The van der Waals surface area contributed by atoms with Gasteiger partial charge in [-0.2, -0.15) is 0 Å². The normalized spacial score (nSPS) is 17.3. The van der Waals surface area contributed by atoms with Crippen molar-refractivity contribution in [3.8, 4) is 11.5 Å². The van der Waals surface area contributed by atoms with Gasteiger partial charge in [-0.3, -0.25) is 14.5 Å². The minimum atomic E-state index is -0.812. The van der Waals surface area contributed by atoms with Crippen LogP contribution in [0.15, 0.2) is 78.4 Å². The monoisotopic (exact) mass is 443 g/mol. The summed E-state index contributed by atoms with van der Waals surface area (Å²) in [6.45, 7) is 4.22. The summed E-state index contributed by atoms with van der Waals surface area (Å²) < 4.78 is 11.0. The van der Waals surface area contributed by atoms with Gasteiger partial charge in [-0.15, -0.1) is 0 Å². The van der Waals surface area contributed by atoms with Gasteiger partial charge in [0.2, 0.25) is 0 Å². The highest BCUT2D eigenvalue weighted by Gasteiger charge is 2.47. The van der Waals surface area contributed by atoms with E-state index in [9.17, 15) is 14.7 Å². The van der Waals surface area contributed by atoms with Gasteiger partial charge < -0.3 is 14.6 Å². The lowest BCUT2D eigenvalue weighted by molar-refractivity contribution is -0.132. The Labute approximate surface area is 192 Å². The number of Topliss-reactive ketones (excluding diaryl/α,β-unsaturated/α-hetero) is 1. The second-order valence-electron chi connectivity index (χ2n) is 7.71. The molecule has 1 aliphatic rings. The fourth-order valence-electron chi connectivity index (χ4n) is 4.09. The molecular formula is C27H25NO5. The fraction of sp³-hybridized carbons (Fsp3) is 0.185. The maximum absolute atomic E-state index is 13.3. The number of rotatable bonds is 6. The van der Waals surface area contributed by atoms with Crippen molar-refractivity contribution in [1.82, 2.24) is 0 Å². The van der Waals surface area contributed by atoms with Crippen LogP contribution in [0.2, 0.25) is 0 Å². The van der Waals surface area contributed by atoms with E-state index in [1.165, 1.54) is 12.0 Å². The maximum Gasteiger partial charge on any atom is 0.300 e. The van der Waals surface area contributed by atoms with Crippen LogP contribution < -0.4 is 14.4 Å². The lowest BCUT2D eigenvalue weighted by atomic mass is 9.94. The summed E-state index contributed by atoms with van der Waals surface area (Å²) >= 11 is 0. The molecule has 3 aromatic carbocycles. The predicted octanol–water partition coefficient (Wildman–Crippen LogP) is 5.03. The summed E-state index contributed by atoms with van der Waals surface area (Å²) in [6, 6.07) is 20.7. The Morgan fingerprint density at radius 2 is 1.76 bits per heavy atom. The highest BCUT2D eigenvalue weighted by atomic mass is 16.5. The fourth-order valence-corrected chi connectivity index (χ4v) is 4.09. The molecule has 0 radical (unpaired) electrons. The third kappa shape index (κ3) is 4.07.